The topological polar surface area (TPSA) is 84.7 Å². The predicted octanol–water partition coefficient (Wildman–Crippen LogP) is 3.67. The van der Waals surface area contributed by atoms with Crippen molar-refractivity contribution in [3.05, 3.63) is 59.7 Å². The van der Waals surface area contributed by atoms with Gasteiger partial charge in [0, 0.05) is 30.3 Å². The van der Waals surface area contributed by atoms with E-state index in [1.54, 1.807) is 31.4 Å². The maximum absolute atomic E-state index is 12.7. The number of nitrogens with one attached hydrogen (secondary N) is 1. The molecule has 2 aromatic carbocycles. The largest absolute Gasteiger partial charge is 0.497 e. The molecule has 0 radical (unpaired) electrons. The van der Waals surface area contributed by atoms with Crippen LogP contribution in [0.5, 0.6) is 5.75 Å². The van der Waals surface area contributed by atoms with Crippen molar-refractivity contribution in [3.8, 4) is 5.75 Å². The van der Waals surface area contributed by atoms with Gasteiger partial charge in [-0.1, -0.05) is 32.0 Å². The average Bonchev–Trinajstić information content (AvgIpc) is 3.59. The van der Waals surface area contributed by atoms with Gasteiger partial charge < -0.3 is 20.7 Å². The van der Waals surface area contributed by atoms with Crippen molar-refractivity contribution in [2.24, 2.45) is 17.1 Å². The molecule has 0 bridgehead atoms. The lowest BCUT2D eigenvalue weighted by Crippen LogP contribution is -2.42. The van der Waals surface area contributed by atoms with Crippen molar-refractivity contribution in [2.75, 3.05) is 25.5 Å². The predicted molar refractivity (Wildman–Crippen MR) is 118 cm³/mol. The number of hydrogen-bond donors (Lipinski definition) is 2. The van der Waals surface area contributed by atoms with Crippen LogP contribution in [0.3, 0.4) is 0 Å². The average molecular weight is 410 g/mol. The van der Waals surface area contributed by atoms with E-state index in [1.807, 2.05) is 29.2 Å². The Hall–Kier alpha value is -2.86. The van der Waals surface area contributed by atoms with E-state index in [9.17, 15) is 9.59 Å². The minimum Gasteiger partial charge on any atom is -0.497 e. The van der Waals surface area contributed by atoms with Crippen LogP contribution in [0.15, 0.2) is 48.5 Å². The first kappa shape index (κ1) is 21.8. The second-order valence-electron chi connectivity index (χ2n) is 8.72. The molecule has 2 amide bonds. The van der Waals surface area contributed by atoms with Gasteiger partial charge in [0.15, 0.2) is 0 Å². The van der Waals surface area contributed by atoms with Crippen molar-refractivity contribution in [3.63, 3.8) is 0 Å². The molecule has 1 saturated carbocycles. The van der Waals surface area contributed by atoms with E-state index in [4.69, 9.17) is 10.5 Å². The highest BCUT2D eigenvalue weighted by Gasteiger charge is 2.35. The van der Waals surface area contributed by atoms with Gasteiger partial charge in [-0.3, -0.25) is 9.59 Å². The number of amides is 2. The molecule has 2 aromatic rings. The highest BCUT2D eigenvalue weighted by atomic mass is 16.5. The molecular weight excluding hydrogens is 378 g/mol. The van der Waals surface area contributed by atoms with Crippen LogP contribution in [0.1, 0.15) is 42.6 Å². The second-order valence-corrected chi connectivity index (χ2v) is 8.72. The maximum Gasteiger partial charge on any atom is 0.255 e. The summed E-state index contributed by atoms with van der Waals surface area (Å²) in [6, 6.07) is 14.6. The Morgan fingerprint density at radius 2 is 1.87 bits per heavy atom. The molecule has 0 aromatic heterocycles. The van der Waals surface area contributed by atoms with Crippen LogP contribution < -0.4 is 15.8 Å². The summed E-state index contributed by atoms with van der Waals surface area (Å²) in [6.45, 7) is 5.86. The van der Waals surface area contributed by atoms with Crippen LogP contribution >= 0.6 is 0 Å². The van der Waals surface area contributed by atoms with Crippen molar-refractivity contribution in [1.82, 2.24) is 4.90 Å². The summed E-state index contributed by atoms with van der Waals surface area (Å²) >= 11 is 0. The van der Waals surface area contributed by atoms with Gasteiger partial charge in [-0.2, -0.15) is 0 Å². The van der Waals surface area contributed by atoms with E-state index in [1.165, 1.54) is 0 Å². The molecule has 0 heterocycles. The van der Waals surface area contributed by atoms with Crippen molar-refractivity contribution in [1.29, 1.82) is 0 Å². The van der Waals surface area contributed by atoms with Gasteiger partial charge in [-0.05, 0) is 60.7 Å². The van der Waals surface area contributed by atoms with Gasteiger partial charge in [0.1, 0.15) is 5.75 Å². The minimum atomic E-state index is -0.197. The van der Waals surface area contributed by atoms with Crippen LogP contribution in [0.4, 0.5) is 5.69 Å². The first-order chi connectivity index (χ1) is 14.3. The lowest BCUT2D eigenvalue weighted by Gasteiger charge is -2.32. The molecule has 30 heavy (non-hydrogen) atoms. The van der Waals surface area contributed by atoms with E-state index >= 15 is 0 Å². The van der Waals surface area contributed by atoms with E-state index in [0.717, 1.165) is 18.4 Å². The number of nitrogens with zero attached hydrogens (tertiary/aromatic N) is 1. The molecule has 1 aliphatic carbocycles. The zero-order chi connectivity index (χ0) is 21.7. The van der Waals surface area contributed by atoms with E-state index in [-0.39, 0.29) is 23.1 Å². The number of methoxy groups -OCH3 is 1. The molecule has 0 spiro atoms. The highest BCUT2D eigenvalue weighted by molar-refractivity contribution is 6.04. The molecule has 0 saturated heterocycles. The number of hydrogen-bond acceptors (Lipinski definition) is 4. The molecular formula is C24H31N3O3. The van der Waals surface area contributed by atoms with Crippen LogP contribution in [-0.4, -0.2) is 36.9 Å². The fourth-order valence-corrected chi connectivity index (χ4v) is 3.26. The molecule has 3 rings (SSSR count). The Balaban J connectivity index is 1.65. The fraction of sp³-hybridized carbons (Fsp3) is 0.417. The summed E-state index contributed by atoms with van der Waals surface area (Å²) in [5, 5.41) is 2.90. The number of nitrogens with two attached hydrogens (primary N) is 1. The van der Waals surface area contributed by atoms with Crippen LogP contribution in [0, 0.1) is 11.3 Å². The number of benzene rings is 2. The quantitative estimate of drug-likeness (QED) is 0.662. The number of carbonyl (C=O) groups is 2. The Morgan fingerprint density at radius 3 is 2.47 bits per heavy atom. The third kappa shape index (κ3) is 5.83. The molecule has 6 nitrogen and oxygen atoms in total. The van der Waals surface area contributed by atoms with Crippen molar-refractivity contribution in [2.45, 2.75) is 33.2 Å². The Kier molecular flexibility index (Phi) is 6.77. The Morgan fingerprint density at radius 1 is 1.17 bits per heavy atom. The van der Waals surface area contributed by atoms with Crippen LogP contribution in [-0.2, 0) is 11.3 Å². The summed E-state index contributed by atoms with van der Waals surface area (Å²) in [5.74, 6) is 0.822. The van der Waals surface area contributed by atoms with Gasteiger partial charge >= 0.3 is 0 Å². The molecule has 0 aliphatic heterocycles. The third-order valence-electron chi connectivity index (χ3n) is 5.33. The number of carbonyl (C=O) groups excluding carboxylic acids is 2. The monoisotopic (exact) mass is 409 g/mol. The summed E-state index contributed by atoms with van der Waals surface area (Å²) in [4.78, 5) is 27.1. The molecule has 0 unspecified atom stereocenters. The summed E-state index contributed by atoms with van der Waals surface area (Å²) in [6.07, 6.45) is 1.96. The molecule has 1 aliphatic rings. The first-order valence-electron chi connectivity index (χ1n) is 10.3. The van der Waals surface area contributed by atoms with E-state index < -0.39 is 0 Å². The third-order valence-corrected chi connectivity index (χ3v) is 5.33. The lowest BCUT2D eigenvalue weighted by molar-refractivity contribution is -0.134. The number of ether oxygens (including phenoxy) is 1. The molecule has 6 heteroatoms. The smallest absolute Gasteiger partial charge is 0.255 e. The molecule has 1 fully saturated rings. The summed E-state index contributed by atoms with van der Waals surface area (Å²) < 4.78 is 5.17. The van der Waals surface area contributed by atoms with Crippen LogP contribution in [0.2, 0.25) is 0 Å². The lowest BCUT2D eigenvalue weighted by atomic mass is 9.92. The Bertz CT molecular complexity index is 889. The Labute approximate surface area is 178 Å². The summed E-state index contributed by atoms with van der Waals surface area (Å²) in [5.41, 5.74) is 8.01. The first-order valence-corrected chi connectivity index (χ1v) is 10.3. The fourth-order valence-electron chi connectivity index (χ4n) is 3.26. The number of rotatable bonds is 9. The van der Waals surface area contributed by atoms with Crippen molar-refractivity contribution < 1.29 is 14.3 Å². The standard InChI is InChI=1S/C24H31N3O3/c1-24(2,15-25)16-27(23(29)18-9-10-18)14-17-7-11-20(12-8-17)26-22(28)19-5-4-6-21(13-19)30-3/h4-8,11-13,18H,9-10,14-16,25H2,1-3H3,(H,26,28). The van der Waals surface area contributed by atoms with Gasteiger partial charge in [-0.25, -0.2) is 0 Å². The zero-order valence-electron chi connectivity index (χ0n) is 18.0. The van der Waals surface area contributed by atoms with E-state index in [0.29, 0.717) is 36.6 Å². The molecule has 3 N–H and O–H groups in total. The van der Waals surface area contributed by atoms with Crippen molar-refractivity contribution >= 4 is 17.5 Å². The maximum atomic E-state index is 12.7. The number of anilines is 1. The second kappa shape index (κ2) is 9.30. The van der Waals surface area contributed by atoms with Gasteiger partial charge in [0.2, 0.25) is 5.91 Å². The van der Waals surface area contributed by atoms with Crippen LogP contribution in [0.25, 0.3) is 0 Å². The summed E-state index contributed by atoms with van der Waals surface area (Å²) in [7, 11) is 1.57. The normalized spacial score (nSPS) is 13.6. The highest BCUT2D eigenvalue weighted by Crippen LogP contribution is 2.32. The zero-order valence-corrected chi connectivity index (χ0v) is 18.0. The SMILES string of the molecule is COc1cccc(C(=O)Nc2ccc(CN(CC(C)(C)CN)C(=O)C3CC3)cc2)c1. The molecule has 160 valence electrons. The van der Waals surface area contributed by atoms with Gasteiger partial charge in [0.05, 0.1) is 7.11 Å². The molecule has 0 atom stereocenters. The van der Waals surface area contributed by atoms with Gasteiger partial charge in [0.25, 0.3) is 5.91 Å². The van der Waals surface area contributed by atoms with E-state index in [2.05, 4.69) is 19.2 Å². The van der Waals surface area contributed by atoms with Gasteiger partial charge in [-0.15, -0.1) is 0 Å². The minimum absolute atomic E-state index is 0.130.